The number of hydrogen-bond donors (Lipinski definition) is 2. The summed E-state index contributed by atoms with van der Waals surface area (Å²) < 4.78 is 0. The van der Waals surface area contributed by atoms with Crippen LogP contribution < -0.4 is 11.1 Å². The fourth-order valence-corrected chi connectivity index (χ4v) is 3.70. The van der Waals surface area contributed by atoms with Gasteiger partial charge in [0, 0.05) is 24.2 Å². The molecule has 2 unspecified atom stereocenters. The molecule has 4 nitrogen and oxygen atoms in total. The Bertz CT molecular complexity index is 503. The topological polar surface area (TPSA) is 58.4 Å². The molecule has 1 amide bonds. The molecule has 2 heterocycles. The van der Waals surface area contributed by atoms with Gasteiger partial charge in [0.2, 0.25) is 0 Å². The van der Waals surface area contributed by atoms with Gasteiger partial charge < -0.3 is 11.1 Å². The molecule has 4 heteroatoms. The van der Waals surface area contributed by atoms with Gasteiger partial charge in [-0.15, -0.1) is 0 Å². The van der Waals surface area contributed by atoms with Gasteiger partial charge >= 0.3 is 0 Å². The van der Waals surface area contributed by atoms with Crippen molar-refractivity contribution in [1.29, 1.82) is 0 Å². The Morgan fingerprint density at radius 2 is 2.19 bits per heavy atom. The van der Waals surface area contributed by atoms with Gasteiger partial charge in [0.1, 0.15) is 0 Å². The maximum Gasteiger partial charge on any atom is 0.251 e. The van der Waals surface area contributed by atoms with Crippen LogP contribution in [0.3, 0.4) is 0 Å². The molecule has 2 saturated heterocycles. The highest BCUT2D eigenvalue weighted by Crippen LogP contribution is 2.27. The Morgan fingerprint density at radius 3 is 3.05 bits per heavy atom. The van der Waals surface area contributed by atoms with Gasteiger partial charge in [-0.3, -0.25) is 9.69 Å². The fourth-order valence-electron chi connectivity index (χ4n) is 3.70. The van der Waals surface area contributed by atoms with Gasteiger partial charge in [-0.05, 0) is 56.5 Å². The summed E-state index contributed by atoms with van der Waals surface area (Å²) in [6, 6.07) is 8.70. The molecule has 0 bridgehead atoms. The number of piperidine rings is 1. The number of nitrogens with zero attached hydrogens (tertiary/aromatic N) is 1. The van der Waals surface area contributed by atoms with Crippen LogP contribution in [0.15, 0.2) is 24.3 Å². The third kappa shape index (κ3) is 3.27. The number of rotatable bonds is 4. The molecule has 0 spiro atoms. The molecule has 2 aliphatic heterocycles. The molecule has 2 atom stereocenters. The average molecular weight is 287 g/mol. The quantitative estimate of drug-likeness (QED) is 0.883. The zero-order valence-electron chi connectivity index (χ0n) is 12.6. The van der Waals surface area contributed by atoms with E-state index in [0.29, 0.717) is 18.6 Å². The Hall–Kier alpha value is -1.39. The third-order valence-electron chi connectivity index (χ3n) is 4.79. The Kier molecular flexibility index (Phi) is 4.56. The summed E-state index contributed by atoms with van der Waals surface area (Å²) in [5.41, 5.74) is 7.48. The lowest BCUT2D eigenvalue weighted by atomic mass is 9.98. The number of nitrogens with two attached hydrogens (primary N) is 1. The smallest absolute Gasteiger partial charge is 0.251 e. The van der Waals surface area contributed by atoms with E-state index >= 15 is 0 Å². The summed E-state index contributed by atoms with van der Waals surface area (Å²) in [5, 5.41) is 3.25. The maximum absolute atomic E-state index is 12.5. The number of nitrogens with one attached hydrogen (secondary N) is 1. The average Bonchev–Trinajstić information content (AvgIpc) is 2.91. The van der Waals surface area contributed by atoms with Crippen LogP contribution in [-0.4, -0.2) is 42.5 Å². The summed E-state index contributed by atoms with van der Waals surface area (Å²) in [7, 11) is 0. The molecule has 0 aromatic heterocycles. The van der Waals surface area contributed by atoms with Crippen molar-refractivity contribution in [3.63, 3.8) is 0 Å². The highest BCUT2D eigenvalue weighted by atomic mass is 16.1. The Labute approximate surface area is 126 Å². The first-order chi connectivity index (χ1) is 10.3. The van der Waals surface area contributed by atoms with E-state index in [2.05, 4.69) is 10.2 Å². The van der Waals surface area contributed by atoms with Gasteiger partial charge in [0.25, 0.3) is 5.91 Å². The largest absolute Gasteiger partial charge is 0.348 e. The van der Waals surface area contributed by atoms with E-state index in [1.165, 1.54) is 25.8 Å². The van der Waals surface area contributed by atoms with Crippen LogP contribution in [0.4, 0.5) is 0 Å². The van der Waals surface area contributed by atoms with Crippen LogP contribution in [0.1, 0.15) is 41.6 Å². The van der Waals surface area contributed by atoms with Crippen molar-refractivity contribution < 1.29 is 4.79 Å². The summed E-state index contributed by atoms with van der Waals surface area (Å²) in [6.45, 7) is 2.94. The molecule has 1 aromatic carbocycles. The molecule has 3 N–H and O–H groups in total. The first-order valence-corrected chi connectivity index (χ1v) is 8.12. The standard InChI is InChI=1S/C17H25N3O/c18-9-7-13-4-3-5-14(12-13)17(21)19-15-8-11-20-10-2-1-6-16(15)20/h3-5,12,15-16H,1-2,6-11,18H2,(H,19,21). The number of fused-ring (bicyclic) bond motifs is 1. The van der Waals surface area contributed by atoms with E-state index in [1.54, 1.807) is 0 Å². The van der Waals surface area contributed by atoms with Crippen LogP contribution in [-0.2, 0) is 6.42 Å². The Morgan fingerprint density at radius 1 is 1.29 bits per heavy atom. The van der Waals surface area contributed by atoms with Crippen molar-refractivity contribution in [1.82, 2.24) is 10.2 Å². The van der Waals surface area contributed by atoms with E-state index in [9.17, 15) is 4.79 Å². The van der Waals surface area contributed by atoms with Crippen LogP contribution >= 0.6 is 0 Å². The van der Waals surface area contributed by atoms with Gasteiger partial charge in [-0.2, -0.15) is 0 Å². The summed E-state index contributed by atoms with van der Waals surface area (Å²) in [4.78, 5) is 15.0. The Balaban J connectivity index is 1.64. The highest BCUT2D eigenvalue weighted by Gasteiger charge is 2.36. The van der Waals surface area contributed by atoms with Crippen LogP contribution in [0.5, 0.6) is 0 Å². The lowest BCUT2D eigenvalue weighted by molar-refractivity contribution is 0.0915. The van der Waals surface area contributed by atoms with Gasteiger partial charge in [0.05, 0.1) is 0 Å². The lowest BCUT2D eigenvalue weighted by Gasteiger charge is -2.32. The first kappa shape index (κ1) is 14.5. The summed E-state index contributed by atoms with van der Waals surface area (Å²) >= 11 is 0. The number of benzene rings is 1. The third-order valence-corrected chi connectivity index (χ3v) is 4.79. The molecule has 21 heavy (non-hydrogen) atoms. The predicted molar refractivity (Wildman–Crippen MR) is 84.3 cm³/mol. The van der Waals surface area contributed by atoms with E-state index in [4.69, 9.17) is 5.73 Å². The number of hydrogen-bond acceptors (Lipinski definition) is 3. The van der Waals surface area contributed by atoms with Crippen molar-refractivity contribution in [2.24, 2.45) is 5.73 Å². The molecule has 1 aromatic rings. The first-order valence-electron chi connectivity index (χ1n) is 8.12. The van der Waals surface area contributed by atoms with Crippen LogP contribution in [0.25, 0.3) is 0 Å². The minimum Gasteiger partial charge on any atom is -0.348 e. The molecular formula is C17H25N3O. The van der Waals surface area contributed by atoms with E-state index in [1.807, 2.05) is 24.3 Å². The summed E-state index contributed by atoms with van der Waals surface area (Å²) in [6.07, 6.45) is 5.72. The molecule has 2 aliphatic rings. The van der Waals surface area contributed by atoms with E-state index < -0.39 is 0 Å². The fraction of sp³-hybridized carbons (Fsp3) is 0.588. The highest BCUT2D eigenvalue weighted by molar-refractivity contribution is 5.94. The SMILES string of the molecule is NCCc1cccc(C(=O)NC2CCN3CCCCC23)c1. The van der Waals surface area contributed by atoms with Crippen molar-refractivity contribution in [3.05, 3.63) is 35.4 Å². The number of amides is 1. The molecule has 114 valence electrons. The minimum absolute atomic E-state index is 0.0614. The molecule has 0 radical (unpaired) electrons. The second-order valence-electron chi connectivity index (χ2n) is 6.21. The van der Waals surface area contributed by atoms with E-state index in [-0.39, 0.29) is 5.91 Å². The normalized spacial score (nSPS) is 25.6. The number of carbonyl (C=O) groups excluding carboxylic acids is 1. The van der Waals surface area contributed by atoms with Crippen LogP contribution in [0, 0.1) is 0 Å². The predicted octanol–water partition coefficient (Wildman–Crippen LogP) is 1.54. The summed E-state index contributed by atoms with van der Waals surface area (Å²) in [5.74, 6) is 0.0614. The van der Waals surface area contributed by atoms with Gasteiger partial charge in [-0.1, -0.05) is 18.6 Å². The molecular weight excluding hydrogens is 262 g/mol. The van der Waals surface area contributed by atoms with Gasteiger partial charge in [-0.25, -0.2) is 0 Å². The van der Waals surface area contributed by atoms with Crippen LogP contribution in [0.2, 0.25) is 0 Å². The number of carbonyl (C=O) groups is 1. The second-order valence-corrected chi connectivity index (χ2v) is 6.21. The molecule has 0 aliphatic carbocycles. The zero-order chi connectivity index (χ0) is 14.7. The minimum atomic E-state index is 0.0614. The van der Waals surface area contributed by atoms with Gasteiger partial charge in [0.15, 0.2) is 0 Å². The zero-order valence-corrected chi connectivity index (χ0v) is 12.6. The van der Waals surface area contributed by atoms with Crippen molar-refractivity contribution >= 4 is 5.91 Å². The molecule has 2 fully saturated rings. The maximum atomic E-state index is 12.5. The van der Waals surface area contributed by atoms with Crippen molar-refractivity contribution in [3.8, 4) is 0 Å². The molecule has 0 saturated carbocycles. The monoisotopic (exact) mass is 287 g/mol. The lowest BCUT2D eigenvalue weighted by Crippen LogP contribution is -2.46. The van der Waals surface area contributed by atoms with Crippen molar-refractivity contribution in [2.45, 2.75) is 44.2 Å². The van der Waals surface area contributed by atoms with Crippen molar-refractivity contribution in [2.75, 3.05) is 19.6 Å². The second kappa shape index (κ2) is 6.58. The van der Waals surface area contributed by atoms with E-state index in [0.717, 1.165) is 30.5 Å². The molecule has 3 rings (SSSR count).